The molecule has 0 saturated heterocycles. The molecule has 172 valence electrons. The molecule has 1 atom stereocenters. The van der Waals surface area contributed by atoms with Gasteiger partial charge in [0.25, 0.3) is 0 Å². The SMILES string of the molecule is CCCCN(CCCC)CC(O)c1cc(-c2ccc(Cl)cc2)cc2cc(Cl)c(OC)cc12. The van der Waals surface area contributed by atoms with Gasteiger partial charge in [0.05, 0.1) is 18.2 Å². The van der Waals surface area contributed by atoms with Gasteiger partial charge in [-0.1, -0.05) is 62.0 Å². The van der Waals surface area contributed by atoms with E-state index in [2.05, 4.69) is 30.9 Å². The van der Waals surface area contributed by atoms with Crippen LogP contribution in [-0.4, -0.2) is 36.8 Å². The molecule has 1 unspecified atom stereocenters. The second-order valence-corrected chi connectivity index (χ2v) is 9.15. The van der Waals surface area contributed by atoms with Crippen LogP contribution in [0.25, 0.3) is 21.9 Å². The minimum absolute atomic E-state index is 0.557. The Morgan fingerprint density at radius 3 is 2.16 bits per heavy atom. The maximum Gasteiger partial charge on any atom is 0.138 e. The highest BCUT2D eigenvalue weighted by Gasteiger charge is 2.19. The molecule has 1 N–H and O–H groups in total. The van der Waals surface area contributed by atoms with Gasteiger partial charge in [0.15, 0.2) is 0 Å². The highest BCUT2D eigenvalue weighted by atomic mass is 35.5. The van der Waals surface area contributed by atoms with Crippen molar-refractivity contribution in [2.24, 2.45) is 0 Å². The molecule has 0 aliphatic carbocycles. The molecule has 0 spiro atoms. The van der Waals surface area contributed by atoms with E-state index in [1.54, 1.807) is 7.11 Å². The van der Waals surface area contributed by atoms with Gasteiger partial charge in [-0.25, -0.2) is 0 Å². The molecule has 0 aliphatic heterocycles. The van der Waals surface area contributed by atoms with Crippen LogP contribution in [0.2, 0.25) is 10.0 Å². The van der Waals surface area contributed by atoms with Crippen LogP contribution in [0.1, 0.15) is 51.2 Å². The van der Waals surface area contributed by atoms with Gasteiger partial charge in [0.2, 0.25) is 0 Å². The van der Waals surface area contributed by atoms with E-state index in [1.165, 1.54) is 0 Å². The molecule has 0 heterocycles. The van der Waals surface area contributed by atoms with Crippen LogP contribution in [0, 0.1) is 0 Å². The Morgan fingerprint density at radius 1 is 0.906 bits per heavy atom. The molecule has 0 bridgehead atoms. The van der Waals surface area contributed by atoms with Gasteiger partial charge in [-0.15, -0.1) is 0 Å². The molecule has 32 heavy (non-hydrogen) atoms. The number of nitrogens with zero attached hydrogens (tertiary/aromatic N) is 1. The smallest absolute Gasteiger partial charge is 0.138 e. The largest absolute Gasteiger partial charge is 0.495 e. The predicted molar refractivity (Wildman–Crippen MR) is 137 cm³/mol. The zero-order valence-electron chi connectivity index (χ0n) is 19.2. The number of methoxy groups -OCH3 is 1. The topological polar surface area (TPSA) is 32.7 Å². The molecular formula is C27H33Cl2NO2. The number of unbranched alkanes of at least 4 members (excludes halogenated alkanes) is 2. The predicted octanol–water partition coefficient (Wildman–Crippen LogP) is 7.76. The number of benzene rings is 3. The van der Waals surface area contributed by atoms with E-state index >= 15 is 0 Å². The lowest BCUT2D eigenvalue weighted by Crippen LogP contribution is -2.30. The van der Waals surface area contributed by atoms with Crippen LogP contribution in [0.15, 0.2) is 48.5 Å². The van der Waals surface area contributed by atoms with E-state index < -0.39 is 6.10 Å². The number of hydrogen-bond acceptors (Lipinski definition) is 3. The summed E-state index contributed by atoms with van der Waals surface area (Å²) in [6.45, 7) is 7.00. The van der Waals surface area contributed by atoms with Gasteiger partial charge in [-0.3, -0.25) is 0 Å². The Morgan fingerprint density at radius 2 is 1.56 bits per heavy atom. The van der Waals surface area contributed by atoms with Crippen LogP contribution in [0.5, 0.6) is 5.75 Å². The van der Waals surface area contributed by atoms with Gasteiger partial charge < -0.3 is 14.7 Å². The molecule has 3 aromatic rings. The van der Waals surface area contributed by atoms with Crippen molar-refractivity contribution >= 4 is 34.0 Å². The van der Waals surface area contributed by atoms with Crippen molar-refractivity contribution in [1.82, 2.24) is 4.90 Å². The summed E-state index contributed by atoms with van der Waals surface area (Å²) in [5, 5.41) is 14.6. The average molecular weight is 474 g/mol. The van der Waals surface area contributed by atoms with Gasteiger partial charge in [0.1, 0.15) is 5.75 Å². The van der Waals surface area contributed by atoms with Crippen molar-refractivity contribution in [3.63, 3.8) is 0 Å². The fraction of sp³-hybridized carbons (Fsp3) is 0.407. The molecule has 0 amide bonds. The van der Waals surface area contributed by atoms with Crippen LogP contribution in [-0.2, 0) is 0 Å². The van der Waals surface area contributed by atoms with Crippen molar-refractivity contribution in [3.8, 4) is 16.9 Å². The lowest BCUT2D eigenvalue weighted by atomic mass is 9.93. The molecule has 0 fully saturated rings. The standard InChI is InChI=1S/C27H33Cl2NO2/c1-4-6-12-30(13-7-5-2)18-26(31)24-15-20(19-8-10-22(28)11-9-19)14-21-16-25(29)27(32-3)17-23(21)24/h8-11,14-17,26,31H,4-7,12-13,18H2,1-3H3. The highest BCUT2D eigenvalue weighted by Crippen LogP contribution is 2.37. The van der Waals surface area contributed by atoms with E-state index in [9.17, 15) is 5.11 Å². The van der Waals surface area contributed by atoms with E-state index in [4.69, 9.17) is 27.9 Å². The van der Waals surface area contributed by atoms with Crippen LogP contribution < -0.4 is 4.74 Å². The van der Waals surface area contributed by atoms with E-state index in [0.717, 1.165) is 66.2 Å². The summed E-state index contributed by atoms with van der Waals surface area (Å²) >= 11 is 12.5. The second-order valence-electron chi connectivity index (χ2n) is 8.30. The first-order valence-corrected chi connectivity index (χ1v) is 12.2. The number of aliphatic hydroxyl groups is 1. The fourth-order valence-electron chi connectivity index (χ4n) is 4.03. The number of ether oxygens (including phenoxy) is 1. The lowest BCUT2D eigenvalue weighted by Gasteiger charge is -2.26. The first-order valence-electron chi connectivity index (χ1n) is 11.4. The fourth-order valence-corrected chi connectivity index (χ4v) is 4.41. The van der Waals surface area contributed by atoms with Crippen molar-refractivity contribution < 1.29 is 9.84 Å². The summed E-state index contributed by atoms with van der Waals surface area (Å²) in [6, 6.07) is 15.8. The third-order valence-corrected chi connectivity index (χ3v) is 6.43. The summed E-state index contributed by atoms with van der Waals surface area (Å²) < 4.78 is 5.46. The first kappa shape index (κ1) is 24.9. The molecule has 3 rings (SSSR count). The molecular weight excluding hydrogens is 441 g/mol. The minimum atomic E-state index is -0.621. The second kappa shape index (κ2) is 11.9. The van der Waals surface area contributed by atoms with E-state index in [0.29, 0.717) is 22.3 Å². The number of halogens is 2. The number of fused-ring (bicyclic) bond motifs is 1. The molecule has 5 heteroatoms. The minimum Gasteiger partial charge on any atom is -0.495 e. The van der Waals surface area contributed by atoms with Crippen LogP contribution in [0.4, 0.5) is 0 Å². The van der Waals surface area contributed by atoms with Gasteiger partial charge in [-0.2, -0.15) is 0 Å². The quantitative estimate of drug-likeness (QED) is 0.308. The molecule has 0 aliphatic rings. The Kier molecular flexibility index (Phi) is 9.24. The maximum absolute atomic E-state index is 11.4. The molecule has 0 saturated carbocycles. The van der Waals surface area contributed by atoms with Crippen LogP contribution >= 0.6 is 23.2 Å². The molecule has 3 nitrogen and oxygen atoms in total. The normalized spacial score (nSPS) is 12.5. The Hall–Kier alpha value is -1.78. The number of hydrogen-bond donors (Lipinski definition) is 1. The van der Waals surface area contributed by atoms with Gasteiger partial charge >= 0.3 is 0 Å². The van der Waals surface area contributed by atoms with E-state index in [1.807, 2.05) is 36.4 Å². The summed E-state index contributed by atoms with van der Waals surface area (Å²) in [4.78, 5) is 2.38. The third-order valence-electron chi connectivity index (χ3n) is 5.88. The van der Waals surface area contributed by atoms with Gasteiger partial charge in [0, 0.05) is 11.6 Å². The van der Waals surface area contributed by atoms with Crippen molar-refractivity contribution in [1.29, 1.82) is 0 Å². The Labute approximate surface area is 201 Å². The van der Waals surface area contributed by atoms with Crippen molar-refractivity contribution in [2.75, 3.05) is 26.7 Å². The zero-order valence-corrected chi connectivity index (χ0v) is 20.7. The monoisotopic (exact) mass is 473 g/mol. The molecule has 0 radical (unpaired) electrons. The summed E-state index contributed by atoms with van der Waals surface area (Å²) in [5.74, 6) is 0.612. The van der Waals surface area contributed by atoms with Crippen LogP contribution in [0.3, 0.4) is 0 Å². The molecule has 3 aromatic carbocycles. The van der Waals surface area contributed by atoms with Gasteiger partial charge in [-0.05, 0) is 89.8 Å². The Bertz CT molecular complexity index is 1010. The summed E-state index contributed by atoms with van der Waals surface area (Å²) in [7, 11) is 1.61. The Balaban J connectivity index is 2.05. The van der Waals surface area contributed by atoms with Crippen molar-refractivity contribution in [2.45, 2.75) is 45.6 Å². The maximum atomic E-state index is 11.4. The molecule has 0 aromatic heterocycles. The number of rotatable bonds is 11. The summed E-state index contributed by atoms with van der Waals surface area (Å²) in [5.41, 5.74) is 2.96. The first-order chi connectivity index (χ1) is 15.5. The van der Waals surface area contributed by atoms with Crippen molar-refractivity contribution in [3.05, 3.63) is 64.1 Å². The average Bonchev–Trinajstić information content (AvgIpc) is 2.79. The third kappa shape index (κ3) is 6.17. The lowest BCUT2D eigenvalue weighted by molar-refractivity contribution is 0.112. The van der Waals surface area contributed by atoms with E-state index in [-0.39, 0.29) is 0 Å². The number of aliphatic hydroxyl groups excluding tert-OH is 1. The zero-order chi connectivity index (χ0) is 23.1. The highest BCUT2D eigenvalue weighted by molar-refractivity contribution is 6.33. The summed E-state index contributed by atoms with van der Waals surface area (Å²) in [6.07, 6.45) is 3.92.